The number of anilines is 1. The van der Waals surface area contributed by atoms with E-state index in [0.717, 1.165) is 22.9 Å². The zero-order valence-electron chi connectivity index (χ0n) is 10.3. The smallest absolute Gasteiger partial charge is 0.365 e. The Morgan fingerprint density at radius 1 is 1.32 bits per heavy atom. The van der Waals surface area contributed by atoms with Gasteiger partial charge in [-0.1, -0.05) is 6.92 Å². The van der Waals surface area contributed by atoms with Crippen LogP contribution in [0.4, 0.5) is 19.0 Å². The number of thiophene rings is 1. The quantitative estimate of drug-likeness (QED) is 0.904. The normalized spacial score (nSPS) is 11.6. The van der Waals surface area contributed by atoms with E-state index in [2.05, 4.69) is 10.3 Å². The molecule has 6 heteroatoms. The Bertz CT molecular complexity index is 549. The molecule has 0 aliphatic heterocycles. The minimum absolute atomic E-state index is 0.120. The first-order valence-corrected chi connectivity index (χ1v) is 6.71. The first kappa shape index (κ1) is 13.9. The van der Waals surface area contributed by atoms with Crippen molar-refractivity contribution < 1.29 is 13.2 Å². The van der Waals surface area contributed by atoms with Gasteiger partial charge in [0, 0.05) is 11.1 Å². The molecular weight excluding hydrogens is 273 g/mol. The van der Waals surface area contributed by atoms with Gasteiger partial charge in [0.2, 0.25) is 0 Å². The number of nitrogens with one attached hydrogen (secondary N) is 1. The monoisotopic (exact) mass is 286 g/mol. The van der Waals surface area contributed by atoms with Crippen LogP contribution in [0.2, 0.25) is 0 Å². The standard InChI is InChI=1S/C13H13F3N2S/c1-2-9-5-7-19-11(9)8-18-12-10(13(14,15)16)4-3-6-17-12/h3-7H,2,8H2,1H3,(H,17,18). The molecular formula is C13H13F3N2S. The van der Waals surface area contributed by atoms with E-state index in [0.29, 0.717) is 6.54 Å². The number of hydrogen-bond donors (Lipinski definition) is 1. The molecule has 102 valence electrons. The van der Waals surface area contributed by atoms with Crippen molar-refractivity contribution in [2.24, 2.45) is 0 Å². The fourth-order valence-electron chi connectivity index (χ4n) is 1.78. The topological polar surface area (TPSA) is 24.9 Å². The van der Waals surface area contributed by atoms with Crippen molar-refractivity contribution >= 4 is 17.2 Å². The second kappa shape index (κ2) is 5.61. The first-order chi connectivity index (χ1) is 9.02. The third kappa shape index (κ3) is 3.26. The van der Waals surface area contributed by atoms with Gasteiger partial charge in [0.05, 0.1) is 12.1 Å². The van der Waals surface area contributed by atoms with E-state index in [1.165, 1.54) is 23.6 Å². The molecule has 0 aliphatic rings. The molecule has 2 heterocycles. The Hall–Kier alpha value is -1.56. The molecule has 2 nitrogen and oxygen atoms in total. The summed E-state index contributed by atoms with van der Waals surface area (Å²) in [5.74, 6) is -0.120. The highest BCUT2D eigenvalue weighted by atomic mass is 32.1. The number of hydrogen-bond acceptors (Lipinski definition) is 3. The molecule has 0 saturated heterocycles. The fraction of sp³-hybridized carbons (Fsp3) is 0.308. The van der Waals surface area contributed by atoms with Gasteiger partial charge < -0.3 is 5.32 Å². The van der Waals surface area contributed by atoms with E-state index >= 15 is 0 Å². The van der Waals surface area contributed by atoms with Crippen LogP contribution in [0, 0.1) is 0 Å². The SMILES string of the molecule is CCc1ccsc1CNc1ncccc1C(F)(F)F. The summed E-state index contributed by atoms with van der Waals surface area (Å²) in [6.45, 7) is 2.38. The average molecular weight is 286 g/mol. The second-order valence-electron chi connectivity index (χ2n) is 3.97. The lowest BCUT2D eigenvalue weighted by Crippen LogP contribution is -2.12. The first-order valence-electron chi connectivity index (χ1n) is 5.83. The van der Waals surface area contributed by atoms with Crippen LogP contribution in [0.25, 0.3) is 0 Å². The fourth-order valence-corrected chi connectivity index (χ4v) is 2.69. The van der Waals surface area contributed by atoms with Crippen LogP contribution in [0.1, 0.15) is 22.9 Å². The molecule has 0 fully saturated rings. The van der Waals surface area contributed by atoms with Gasteiger partial charge in [0.1, 0.15) is 5.82 Å². The number of alkyl halides is 3. The van der Waals surface area contributed by atoms with Crippen LogP contribution in [0.3, 0.4) is 0 Å². The number of aromatic nitrogens is 1. The van der Waals surface area contributed by atoms with Gasteiger partial charge in [-0.3, -0.25) is 0 Å². The van der Waals surface area contributed by atoms with E-state index < -0.39 is 11.7 Å². The summed E-state index contributed by atoms with van der Waals surface area (Å²) in [6.07, 6.45) is -2.17. The lowest BCUT2D eigenvalue weighted by molar-refractivity contribution is -0.137. The van der Waals surface area contributed by atoms with E-state index in [1.54, 1.807) is 0 Å². The molecule has 2 aromatic rings. The summed E-state index contributed by atoms with van der Waals surface area (Å²) < 4.78 is 38.3. The Morgan fingerprint density at radius 3 is 2.79 bits per heavy atom. The number of rotatable bonds is 4. The average Bonchev–Trinajstić information content (AvgIpc) is 2.83. The maximum Gasteiger partial charge on any atom is 0.419 e. The van der Waals surface area contributed by atoms with Crippen molar-refractivity contribution in [1.29, 1.82) is 0 Å². The van der Waals surface area contributed by atoms with Crippen molar-refractivity contribution in [3.8, 4) is 0 Å². The molecule has 0 unspecified atom stereocenters. The van der Waals surface area contributed by atoms with Gasteiger partial charge >= 0.3 is 6.18 Å². The second-order valence-corrected chi connectivity index (χ2v) is 4.97. The predicted molar refractivity (Wildman–Crippen MR) is 70.3 cm³/mol. The Morgan fingerprint density at radius 2 is 2.11 bits per heavy atom. The highest BCUT2D eigenvalue weighted by molar-refractivity contribution is 7.10. The van der Waals surface area contributed by atoms with Crippen LogP contribution >= 0.6 is 11.3 Å². The van der Waals surface area contributed by atoms with Gasteiger partial charge in [-0.2, -0.15) is 13.2 Å². The van der Waals surface area contributed by atoms with E-state index in [1.807, 2.05) is 18.4 Å². The molecule has 0 bridgehead atoms. The molecule has 19 heavy (non-hydrogen) atoms. The zero-order chi connectivity index (χ0) is 13.9. The maximum absolute atomic E-state index is 12.8. The van der Waals surface area contributed by atoms with E-state index in [9.17, 15) is 13.2 Å². The summed E-state index contributed by atoms with van der Waals surface area (Å²) in [5.41, 5.74) is 0.423. The molecule has 0 saturated carbocycles. The third-order valence-corrected chi connectivity index (χ3v) is 3.71. The minimum atomic E-state index is -4.39. The molecule has 0 radical (unpaired) electrons. The number of pyridine rings is 1. The van der Waals surface area contributed by atoms with Crippen molar-refractivity contribution in [3.05, 3.63) is 45.8 Å². The Labute approximate surface area is 113 Å². The Kier molecular flexibility index (Phi) is 4.09. The molecule has 1 N–H and O–H groups in total. The lowest BCUT2D eigenvalue weighted by atomic mass is 10.2. The highest BCUT2D eigenvalue weighted by Crippen LogP contribution is 2.33. The van der Waals surface area contributed by atoms with Crippen molar-refractivity contribution in [2.75, 3.05) is 5.32 Å². The van der Waals surface area contributed by atoms with Gasteiger partial charge in [-0.25, -0.2) is 4.98 Å². The van der Waals surface area contributed by atoms with Crippen LogP contribution in [0.5, 0.6) is 0 Å². The number of nitrogens with zero attached hydrogens (tertiary/aromatic N) is 1. The van der Waals surface area contributed by atoms with Gasteiger partial charge in [0.15, 0.2) is 0 Å². The maximum atomic E-state index is 12.8. The Balaban J connectivity index is 2.16. The minimum Gasteiger partial charge on any atom is -0.365 e. The van der Waals surface area contributed by atoms with Gasteiger partial charge in [-0.15, -0.1) is 11.3 Å². The van der Waals surface area contributed by atoms with E-state index in [4.69, 9.17) is 0 Å². The highest BCUT2D eigenvalue weighted by Gasteiger charge is 2.33. The largest absolute Gasteiger partial charge is 0.419 e. The summed E-state index contributed by atoms with van der Waals surface area (Å²) >= 11 is 1.54. The van der Waals surface area contributed by atoms with Gasteiger partial charge in [-0.05, 0) is 35.6 Å². The molecule has 0 amide bonds. The zero-order valence-corrected chi connectivity index (χ0v) is 11.1. The number of aryl methyl sites for hydroxylation is 1. The molecule has 0 atom stereocenters. The van der Waals surface area contributed by atoms with Crippen LogP contribution in [-0.2, 0) is 19.1 Å². The molecule has 0 spiro atoms. The third-order valence-electron chi connectivity index (χ3n) is 2.75. The van der Waals surface area contributed by atoms with Crippen molar-refractivity contribution in [3.63, 3.8) is 0 Å². The summed E-state index contributed by atoms with van der Waals surface area (Å²) in [7, 11) is 0. The van der Waals surface area contributed by atoms with Crippen molar-refractivity contribution in [1.82, 2.24) is 4.98 Å². The van der Waals surface area contributed by atoms with E-state index in [-0.39, 0.29) is 5.82 Å². The van der Waals surface area contributed by atoms with Crippen LogP contribution in [0.15, 0.2) is 29.8 Å². The molecule has 2 aromatic heterocycles. The molecule has 0 aromatic carbocycles. The molecule has 0 aliphatic carbocycles. The predicted octanol–water partition coefficient (Wildman–Crippen LogP) is 4.34. The summed E-state index contributed by atoms with van der Waals surface area (Å²) in [4.78, 5) is 4.82. The lowest BCUT2D eigenvalue weighted by Gasteiger charge is -2.13. The number of halogens is 3. The summed E-state index contributed by atoms with van der Waals surface area (Å²) in [6, 6.07) is 4.31. The van der Waals surface area contributed by atoms with Crippen LogP contribution in [-0.4, -0.2) is 4.98 Å². The van der Waals surface area contributed by atoms with Gasteiger partial charge in [0.25, 0.3) is 0 Å². The van der Waals surface area contributed by atoms with Crippen LogP contribution < -0.4 is 5.32 Å². The molecule has 2 rings (SSSR count). The van der Waals surface area contributed by atoms with Crippen molar-refractivity contribution in [2.45, 2.75) is 26.1 Å². The summed E-state index contributed by atoms with van der Waals surface area (Å²) in [5, 5.41) is 4.72.